The van der Waals surface area contributed by atoms with E-state index in [0.717, 1.165) is 17.2 Å². The molecule has 0 amide bonds. The molecule has 0 aliphatic carbocycles. The summed E-state index contributed by atoms with van der Waals surface area (Å²) < 4.78 is 40.7. The van der Waals surface area contributed by atoms with Gasteiger partial charge in [-0.05, 0) is 53.4 Å². The second-order valence-electron chi connectivity index (χ2n) is 4.78. The van der Waals surface area contributed by atoms with E-state index < -0.39 is 22.4 Å². The molecule has 0 atom stereocenters. The summed E-state index contributed by atoms with van der Waals surface area (Å²) in [6, 6.07) is 2.42. The fraction of sp³-hybridized carbons (Fsp3) is 0.286. The van der Waals surface area contributed by atoms with E-state index in [0.29, 0.717) is 0 Å². The van der Waals surface area contributed by atoms with Crippen LogP contribution in [0.3, 0.4) is 0 Å². The molecular formula is C14H16FNO3S2. The lowest BCUT2D eigenvalue weighted by Gasteiger charge is -2.10. The molecule has 0 aliphatic rings. The highest BCUT2D eigenvalue weighted by atomic mass is 32.2. The number of hydrogen-bond donors (Lipinski definition) is 2. The molecule has 0 radical (unpaired) electrons. The lowest BCUT2D eigenvalue weighted by atomic mass is 10.1. The fourth-order valence-corrected chi connectivity index (χ4v) is 3.90. The zero-order chi connectivity index (χ0) is 15.6. The van der Waals surface area contributed by atoms with Crippen molar-refractivity contribution in [3.05, 3.63) is 51.0 Å². The number of aryl methyl sites for hydroxylation is 2. The third-order valence-corrected chi connectivity index (χ3v) is 5.49. The highest BCUT2D eigenvalue weighted by Crippen LogP contribution is 2.20. The molecule has 0 bridgehead atoms. The Labute approximate surface area is 127 Å². The van der Waals surface area contributed by atoms with E-state index in [2.05, 4.69) is 4.72 Å². The third-order valence-electron chi connectivity index (χ3n) is 3.20. The molecule has 1 aromatic heterocycles. The van der Waals surface area contributed by atoms with Crippen molar-refractivity contribution in [2.45, 2.75) is 31.9 Å². The second kappa shape index (κ2) is 6.23. The number of nitrogens with one attached hydrogen (secondary N) is 1. The smallest absolute Gasteiger partial charge is 0.240 e. The van der Waals surface area contributed by atoms with Gasteiger partial charge in [-0.25, -0.2) is 17.5 Å². The molecule has 0 saturated heterocycles. The molecule has 0 aliphatic heterocycles. The van der Waals surface area contributed by atoms with Crippen LogP contribution in [0.2, 0.25) is 0 Å². The van der Waals surface area contributed by atoms with Crippen molar-refractivity contribution in [2.75, 3.05) is 0 Å². The van der Waals surface area contributed by atoms with Crippen molar-refractivity contribution in [1.29, 1.82) is 0 Å². The monoisotopic (exact) mass is 329 g/mol. The van der Waals surface area contributed by atoms with Crippen LogP contribution in [0.5, 0.6) is 0 Å². The summed E-state index contributed by atoms with van der Waals surface area (Å²) in [6.45, 7) is 3.02. The van der Waals surface area contributed by atoms with Crippen molar-refractivity contribution in [1.82, 2.24) is 4.72 Å². The zero-order valence-corrected chi connectivity index (χ0v) is 13.3. The fourth-order valence-electron chi connectivity index (χ4n) is 1.90. The minimum absolute atomic E-state index is 0.0258. The first-order chi connectivity index (χ1) is 9.85. The minimum Gasteiger partial charge on any atom is -0.392 e. The Kier molecular flexibility index (Phi) is 4.77. The third kappa shape index (κ3) is 3.49. The summed E-state index contributed by atoms with van der Waals surface area (Å²) in [4.78, 5) is -0.0432. The summed E-state index contributed by atoms with van der Waals surface area (Å²) in [5.41, 5.74) is 2.09. The second-order valence-corrected chi connectivity index (χ2v) is 7.29. The number of rotatable bonds is 5. The molecule has 0 unspecified atom stereocenters. The maximum Gasteiger partial charge on any atom is 0.240 e. The molecule has 2 aromatic rings. The molecule has 114 valence electrons. The molecule has 2 rings (SSSR count). The van der Waals surface area contributed by atoms with Gasteiger partial charge in [-0.15, -0.1) is 0 Å². The molecule has 21 heavy (non-hydrogen) atoms. The van der Waals surface area contributed by atoms with E-state index in [9.17, 15) is 12.8 Å². The van der Waals surface area contributed by atoms with E-state index in [1.165, 1.54) is 24.3 Å². The number of halogens is 1. The van der Waals surface area contributed by atoms with Crippen molar-refractivity contribution < 1.29 is 17.9 Å². The number of aliphatic hydroxyl groups is 1. The van der Waals surface area contributed by atoms with Gasteiger partial charge in [-0.3, -0.25) is 0 Å². The number of benzene rings is 1. The molecule has 1 heterocycles. The van der Waals surface area contributed by atoms with E-state index in [1.807, 2.05) is 17.7 Å². The van der Waals surface area contributed by atoms with E-state index in [4.69, 9.17) is 5.11 Å². The van der Waals surface area contributed by atoms with Crippen LogP contribution in [0.15, 0.2) is 27.8 Å². The Morgan fingerprint density at radius 1 is 1.19 bits per heavy atom. The first-order valence-electron chi connectivity index (χ1n) is 6.26. The van der Waals surface area contributed by atoms with Crippen LogP contribution >= 0.6 is 11.3 Å². The zero-order valence-electron chi connectivity index (χ0n) is 11.7. The molecule has 2 N–H and O–H groups in total. The van der Waals surface area contributed by atoms with Crippen molar-refractivity contribution in [3.63, 3.8) is 0 Å². The molecule has 0 fully saturated rings. The quantitative estimate of drug-likeness (QED) is 0.885. The van der Waals surface area contributed by atoms with Gasteiger partial charge in [0.15, 0.2) is 0 Å². The summed E-state index contributed by atoms with van der Waals surface area (Å²) >= 11 is 1.51. The first-order valence-corrected chi connectivity index (χ1v) is 8.69. The van der Waals surface area contributed by atoms with Crippen LogP contribution in [-0.2, 0) is 23.2 Å². The van der Waals surface area contributed by atoms with Crippen LogP contribution in [0, 0.1) is 19.7 Å². The van der Waals surface area contributed by atoms with Crippen LogP contribution in [-0.4, -0.2) is 13.5 Å². The highest BCUT2D eigenvalue weighted by molar-refractivity contribution is 7.89. The first kappa shape index (κ1) is 16.1. The molecule has 0 saturated carbocycles. The van der Waals surface area contributed by atoms with E-state index >= 15 is 0 Å². The molecule has 7 heteroatoms. The van der Waals surface area contributed by atoms with Gasteiger partial charge in [0.25, 0.3) is 0 Å². The van der Waals surface area contributed by atoms with E-state index in [1.54, 1.807) is 0 Å². The largest absolute Gasteiger partial charge is 0.392 e. The number of aliphatic hydroxyl groups excluding tert-OH is 1. The minimum atomic E-state index is -3.75. The maximum atomic E-state index is 13.7. The van der Waals surface area contributed by atoms with Crippen molar-refractivity contribution >= 4 is 21.4 Å². The topological polar surface area (TPSA) is 66.4 Å². The predicted molar refractivity (Wildman–Crippen MR) is 80.1 cm³/mol. The van der Waals surface area contributed by atoms with Gasteiger partial charge in [0.05, 0.1) is 11.5 Å². The van der Waals surface area contributed by atoms with E-state index in [-0.39, 0.29) is 22.6 Å². The predicted octanol–water partition coefficient (Wildman–Crippen LogP) is 2.47. The standard InChI is InChI=1S/C14H16FNO3S2/c1-9-3-13(4-11(6-17)14(9)15)21(18,19)16-5-12-8-20-7-10(12)2/h3-4,7-8,16-17H,5-6H2,1-2H3. The lowest BCUT2D eigenvalue weighted by Crippen LogP contribution is -2.23. The van der Waals surface area contributed by atoms with Crippen molar-refractivity contribution in [2.24, 2.45) is 0 Å². The SMILES string of the molecule is Cc1cscc1CNS(=O)(=O)c1cc(C)c(F)c(CO)c1. The Morgan fingerprint density at radius 2 is 1.90 bits per heavy atom. The lowest BCUT2D eigenvalue weighted by molar-refractivity contribution is 0.275. The molecular weight excluding hydrogens is 313 g/mol. The van der Waals surface area contributed by atoms with Crippen LogP contribution in [0.25, 0.3) is 0 Å². The van der Waals surface area contributed by atoms with Gasteiger partial charge in [0.2, 0.25) is 10.0 Å². The summed E-state index contributed by atoms with van der Waals surface area (Å²) in [6.07, 6.45) is 0. The summed E-state index contributed by atoms with van der Waals surface area (Å²) in [5.74, 6) is -0.579. The average molecular weight is 329 g/mol. The Hall–Kier alpha value is -1.28. The highest BCUT2D eigenvalue weighted by Gasteiger charge is 2.18. The van der Waals surface area contributed by atoms with Crippen LogP contribution < -0.4 is 4.72 Å². The summed E-state index contributed by atoms with van der Waals surface area (Å²) in [5, 5.41) is 12.9. The summed E-state index contributed by atoms with van der Waals surface area (Å²) in [7, 11) is -3.75. The molecule has 4 nitrogen and oxygen atoms in total. The number of thiophene rings is 1. The Bertz CT molecular complexity index is 754. The van der Waals surface area contributed by atoms with Gasteiger partial charge >= 0.3 is 0 Å². The Morgan fingerprint density at radius 3 is 2.48 bits per heavy atom. The maximum absolute atomic E-state index is 13.7. The van der Waals surface area contributed by atoms with Gasteiger partial charge in [-0.1, -0.05) is 0 Å². The molecule has 0 spiro atoms. The van der Waals surface area contributed by atoms with Crippen molar-refractivity contribution in [3.8, 4) is 0 Å². The Balaban J connectivity index is 2.27. The molecule has 1 aromatic carbocycles. The van der Waals surface area contributed by atoms with Gasteiger partial charge in [0.1, 0.15) is 5.82 Å². The average Bonchev–Trinajstić information content (AvgIpc) is 2.85. The van der Waals surface area contributed by atoms with Crippen LogP contribution in [0.1, 0.15) is 22.3 Å². The normalized spacial score (nSPS) is 11.8. The number of sulfonamides is 1. The van der Waals surface area contributed by atoms with Gasteiger partial charge in [0, 0.05) is 12.1 Å². The number of hydrogen-bond acceptors (Lipinski definition) is 4. The van der Waals surface area contributed by atoms with Gasteiger partial charge < -0.3 is 5.11 Å². The van der Waals surface area contributed by atoms with Crippen LogP contribution in [0.4, 0.5) is 4.39 Å². The van der Waals surface area contributed by atoms with Gasteiger partial charge in [-0.2, -0.15) is 11.3 Å².